The summed E-state index contributed by atoms with van der Waals surface area (Å²) in [6.07, 6.45) is 0.714. The van der Waals surface area contributed by atoms with E-state index < -0.39 is 5.91 Å². The molecule has 2 rings (SSSR count). The second-order valence-corrected chi connectivity index (χ2v) is 5.60. The van der Waals surface area contributed by atoms with Gasteiger partial charge in [0.2, 0.25) is 5.91 Å². The molecule has 126 valence electrons. The fourth-order valence-electron chi connectivity index (χ4n) is 2.27. The third kappa shape index (κ3) is 4.55. The van der Waals surface area contributed by atoms with Crippen LogP contribution in [-0.4, -0.2) is 37.3 Å². The van der Waals surface area contributed by atoms with Gasteiger partial charge in [0.05, 0.1) is 12.1 Å². The molecule has 0 saturated carbocycles. The molecule has 0 aliphatic heterocycles. The zero-order valence-electron chi connectivity index (χ0n) is 13.7. The molecule has 0 bridgehead atoms. The van der Waals surface area contributed by atoms with E-state index in [1.807, 2.05) is 44.2 Å². The molecule has 0 saturated heterocycles. The minimum atomic E-state index is -0.432. The first-order valence-electron chi connectivity index (χ1n) is 7.67. The molecule has 0 aromatic heterocycles. The molecule has 0 radical (unpaired) electrons. The average Bonchev–Trinajstić information content (AvgIpc) is 2.56. The molecule has 2 aromatic rings. The second-order valence-electron chi connectivity index (χ2n) is 5.60. The Labute approximate surface area is 140 Å². The van der Waals surface area contributed by atoms with Gasteiger partial charge in [0.25, 0.3) is 5.91 Å². The predicted octanol–water partition coefficient (Wildman–Crippen LogP) is 1.67. The van der Waals surface area contributed by atoms with Crippen LogP contribution in [0.15, 0.2) is 36.4 Å². The summed E-state index contributed by atoms with van der Waals surface area (Å²) in [4.78, 5) is 34.6. The number of benzene rings is 2. The first-order chi connectivity index (χ1) is 11.5. The minimum Gasteiger partial charge on any atom is -0.483 e. The summed E-state index contributed by atoms with van der Waals surface area (Å²) in [5.41, 5.74) is 0.401. The van der Waals surface area contributed by atoms with Crippen LogP contribution in [0.2, 0.25) is 0 Å². The molecular weight excluding hydrogens is 308 g/mol. The van der Waals surface area contributed by atoms with E-state index in [-0.39, 0.29) is 25.1 Å². The van der Waals surface area contributed by atoms with Gasteiger partial charge in [-0.05, 0) is 30.7 Å². The molecule has 0 heterocycles. The van der Waals surface area contributed by atoms with Gasteiger partial charge in [-0.1, -0.05) is 30.3 Å². The third-order valence-corrected chi connectivity index (χ3v) is 3.30. The van der Waals surface area contributed by atoms with Crippen molar-refractivity contribution in [3.05, 3.63) is 42.0 Å². The Balaban J connectivity index is 1.97. The Morgan fingerprint density at radius 3 is 2.58 bits per heavy atom. The SMILES string of the molecule is CC(C)NC(=O)CNC(=O)COc1ccc2ccccc2c1C=O. The summed E-state index contributed by atoms with van der Waals surface area (Å²) in [6.45, 7) is 3.29. The number of carbonyl (C=O) groups excluding carboxylic acids is 3. The topological polar surface area (TPSA) is 84.5 Å². The van der Waals surface area contributed by atoms with E-state index in [1.165, 1.54) is 0 Å². The summed E-state index contributed by atoms with van der Waals surface area (Å²) in [6, 6.07) is 10.9. The Hall–Kier alpha value is -2.89. The number of nitrogens with one attached hydrogen (secondary N) is 2. The van der Waals surface area contributed by atoms with Gasteiger partial charge >= 0.3 is 0 Å². The Morgan fingerprint density at radius 1 is 1.12 bits per heavy atom. The maximum atomic E-state index is 11.8. The first kappa shape index (κ1) is 17.5. The Bertz CT molecular complexity index is 756. The smallest absolute Gasteiger partial charge is 0.258 e. The number of ether oxygens (including phenoxy) is 1. The van der Waals surface area contributed by atoms with Crippen molar-refractivity contribution in [2.45, 2.75) is 19.9 Å². The van der Waals surface area contributed by atoms with E-state index in [4.69, 9.17) is 4.74 Å². The molecule has 0 fully saturated rings. The van der Waals surface area contributed by atoms with Crippen molar-refractivity contribution >= 4 is 28.9 Å². The molecule has 2 N–H and O–H groups in total. The van der Waals surface area contributed by atoms with Crippen molar-refractivity contribution in [2.24, 2.45) is 0 Å². The lowest BCUT2D eigenvalue weighted by Gasteiger charge is -2.12. The standard InChI is InChI=1S/C18H20N2O4/c1-12(2)20-17(22)9-19-18(23)11-24-16-8-7-13-5-3-4-6-14(13)15(16)10-21/h3-8,10,12H,9,11H2,1-2H3,(H,19,23)(H,20,22). The Morgan fingerprint density at radius 2 is 1.88 bits per heavy atom. The van der Waals surface area contributed by atoms with Gasteiger partial charge in [0.15, 0.2) is 12.9 Å². The highest BCUT2D eigenvalue weighted by molar-refractivity contribution is 6.00. The molecular formula is C18H20N2O4. The molecule has 24 heavy (non-hydrogen) atoms. The highest BCUT2D eigenvalue weighted by atomic mass is 16.5. The summed E-state index contributed by atoms with van der Waals surface area (Å²) >= 11 is 0. The van der Waals surface area contributed by atoms with Crippen LogP contribution in [0.4, 0.5) is 0 Å². The zero-order chi connectivity index (χ0) is 17.5. The fraction of sp³-hybridized carbons (Fsp3) is 0.278. The van der Waals surface area contributed by atoms with Crippen molar-refractivity contribution in [1.29, 1.82) is 0 Å². The van der Waals surface area contributed by atoms with E-state index in [0.29, 0.717) is 17.6 Å². The molecule has 0 aliphatic carbocycles. The molecule has 6 heteroatoms. The zero-order valence-corrected chi connectivity index (χ0v) is 13.7. The summed E-state index contributed by atoms with van der Waals surface area (Å²) in [7, 11) is 0. The van der Waals surface area contributed by atoms with Gasteiger partial charge in [-0.2, -0.15) is 0 Å². The highest BCUT2D eigenvalue weighted by Gasteiger charge is 2.11. The van der Waals surface area contributed by atoms with E-state index >= 15 is 0 Å². The number of hydrogen-bond acceptors (Lipinski definition) is 4. The van der Waals surface area contributed by atoms with Gasteiger partial charge in [0, 0.05) is 6.04 Å². The van der Waals surface area contributed by atoms with Crippen LogP contribution in [0.3, 0.4) is 0 Å². The van der Waals surface area contributed by atoms with Crippen LogP contribution in [0.25, 0.3) is 10.8 Å². The molecule has 2 amide bonds. The third-order valence-electron chi connectivity index (χ3n) is 3.30. The van der Waals surface area contributed by atoms with Crippen LogP contribution < -0.4 is 15.4 Å². The van der Waals surface area contributed by atoms with Crippen LogP contribution in [0.1, 0.15) is 24.2 Å². The van der Waals surface area contributed by atoms with Gasteiger partial charge in [0.1, 0.15) is 5.75 Å². The van der Waals surface area contributed by atoms with Crippen LogP contribution in [-0.2, 0) is 9.59 Å². The van der Waals surface area contributed by atoms with Crippen LogP contribution >= 0.6 is 0 Å². The summed E-state index contributed by atoms with van der Waals surface area (Å²) < 4.78 is 5.44. The molecule has 2 aromatic carbocycles. The number of amides is 2. The number of fused-ring (bicyclic) bond motifs is 1. The summed E-state index contributed by atoms with van der Waals surface area (Å²) in [5, 5.41) is 6.82. The van der Waals surface area contributed by atoms with Gasteiger partial charge in [-0.15, -0.1) is 0 Å². The molecule has 0 spiro atoms. The normalized spacial score (nSPS) is 10.5. The predicted molar refractivity (Wildman–Crippen MR) is 91.1 cm³/mol. The van der Waals surface area contributed by atoms with Gasteiger partial charge in [-0.25, -0.2) is 0 Å². The van der Waals surface area contributed by atoms with E-state index in [9.17, 15) is 14.4 Å². The average molecular weight is 328 g/mol. The summed E-state index contributed by atoms with van der Waals surface area (Å²) in [5.74, 6) is -0.359. The maximum absolute atomic E-state index is 11.8. The minimum absolute atomic E-state index is 0.0124. The quantitative estimate of drug-likeness (QED) is 0.757. The number of carbonyl (C=O) groups is 3. The van der Waals surface area contributed by atoms with Crippen LogP contribution in [0, 0.1) is 0 Å². The monoisotopic (exact) mass is 328 g/mol. The van der Waals surface area contributed by atoms with E-state index in [0.717, 1.165) is 10.8 Å². The second kappa shape index (κ2) is 8.10. The van der Waals surface area contributed by atoms with Crippen molar-refractivity contribution in [1.82, 2.24) is 10.6 Å². The van der Waals surface area contributed by atoms with Crippen LogP contribution in [0.5, 0.6) is 5.75 Å². The molecule has 6 nitrogen and oxygen atoms in total. The fourth-order valence-corrected chi connectivity index (χ4v) is 2.27. The van der Waals surface area contributed by atoms with Crippen molar-refractivity contribution in [2.75, 3.05) is 13.2 Å². The van der Waals surface area contributed by atoms with E-state index in [1.54, 1.807) is 6.07 Å². The lowest BCUT2D eigenvalue weighted by Crippen LogP contribution is -2.41. The molecule has 0 unspecified atom stereocenters. The molecule has 0 atom stereocenters. The Kier molecular flexibility index (Phi) is 5.89. The first-order valence-corrected chi connectivity index (χ1v) is 7.67. The largest absolute Gasteiger partial charge is 0.483 e. The molecule has 0 aliphatic rings. The van der Waals surface area contributed by atoms with Crippen molar-refractivity contribution in [3.8, 4) is 5.75 Å². The number of aldehydes is 1. The lowest BCUT2D eigenvalue weighted by molar-refractivity contribution is -0.127. The van der Waals surface area contributed by atoms with Gasteiger partial charge < -0.3 is 15.4 Å². The number of hydrogen-bond donors (Lipinski definition) is 2. The lowest BCUT2D eigenvalue weighted by atomic mass is 10.0. The maximum Gasteiger partial charge on any atom is 0.258 e. The highest BCUT2D eigenvalue weighted by Crippen LogP contribution is 2.26. The van der Waals surface area contributed by atoms with Gasteiger partial charge in [-0.3, -0.25) is 14.4 Å². The van der Waals surface area contributed by atoms with Crippen molar-refractivity contribution in [3.63, 3.8) is 0 Å². The van der Waals surface area contributed by atoms with E-state index in [2.05, 4.69) is 10.6 Å². The van der Waals surface area contributed by atoms with Crippen molar-refractivity contribution < 1.29 is 19.1 Å². The number of rotatable bonds is 7.